The molecule has 1 saturated heterocycles. The first-order chi connectivity index (χ1) is 6.89. The summed E-state index contributed by atoms with van der Waals surface area (Å²) in [7, 11) is 1.90. The largest absolute Gasteiger partial charge is 0.344 e. The van der Waals surface area contributed by atoms with Crippen molar-refractivity contribution in [3.63, 3.8) is 0 Å². The van der Waals surface area contributed by atoms with E-state index >= 15 is 0 Å². The van der Waals surface area contributed by atoms with Crippen LogP contribution in [0.2, 0.25) is 0 Å². The number of hydrogen-bond donors (Lipinski definition) is 0. The lowest BCUT2D eigenvalue weighted by molar-refractivity contribution is -0.129. The van der Waals surface area contributed by atoms with Crippen LogP contribution in [0.5, 0.6) is 0 Å². The van der Waals surface area contributed by atoms with Gasteiger partial charge < -0.3 is 4.90 Å². The minimum Gasteiger partial charge on any atom is -0.344 e. The van der Waals surface area contributed by atoms with Gasteiger partial charge in [-0.2, -0.15) is 0 Å². The van der Waals surface area contributed by atoms with E-state index < -0.39 is 0 Å². The molecule has 2 unspecified atom stereocenters. The quantitative estimate of drug-likeness (QED) is 0.630. The number of carbonyl (C=O) groups is 1. The van der Waals surface area contributed by atoms with Crippen molar-refractivity contribution in [1.29, 1.82) is 0 Å². The molecule has 0 aromatic carbocycles. The molecule has 3 nitrogen and oxygen atoms in total. The lowest BCUT2D eigenvalue weighted by Crippen LogP contribution is -2.37. The Hall–Kier alpha value is -0.510. The molecule has 2 atom stereocenters. The summed E-state index contributed by atoms with van der Waals surface area (Å²) >= 11 is 1.63. The van der Waals surface area contributed by atoms with Crippen molar-refractivity contribution in [1.82, 2.24) is 4.90 Å². The van der Waals surface area contributed by atoms with Crippen molar-refractivity contribution in [2.75, 3.05) is 13.6 Å². The zero-order valence-electron chi connectivity index (χ0n) is 9.78. The van der Waals surface area contributed by atoms with E-state index in [1.165, 1.54) is 0 Å². The molecule has 1 fully saturated rings. The van der Waals surface area contributed by atoms with E-state index in [9.17, 15) is 4.79 Å². The molecule has 0 radical (unpaired) electrons. The van der Waals surface area contributed by atoms with Gasteiger partial charge in [0.05, 0.1) is 11.1 Å². The summed E-state index contributed by atoms with van der Waals surface area (Å²) in [6, 6.07) is 0.197. The van der Waals surface area contributed by atoms with Crippen LogP contribution in [0.15, 0.2) is 4.99 Å². The monoisotopic (exact) mass is 226 g/mol. The predicted molar refractivity (Wildman–Crippen MR) is 64.3 cm³/mol. The molecule has 1 amide bonds. The molecule has 0 spiro atoms. The second kappa shape index (κ2) is 3.51. The summed E-state index contributed by atoms with van der Waals surface area (Å²) in [6.45, 7) is 7.27. The molecule has 0 saturated carbocycles. The Balaban J connectivity index is 2.28. The highest BCUT2D eigenvalue weighted by Gasteiger charge is 2.43. The molecule has 84 valence electrons. The first-order valence-corrected chi connectivity index (χ1v) is 6.23. The molecule has 2 aliphatic heterocycles. The summed E-state index contributed by atoms with van der Waals surface area (Å²) in [5, 5.41) is 1.10. The van der Waals surface area contributed by atoms with Crippen molar-refractivity contribution in [2.24, 2.45) is 10.4 Å². The van der Waals surface area contributed by atoms with Gasteiger partial charge in [-0.1, -0.05) is 25.6 Å². The van der Waals surface area contributed by atoms with E-state index in [2.05, 4.69) is 18.8 Å². The minimum atomic E-state index is 0.0387. The number of hydrogen-bond acceptors (Lipinski definition) is 3. The van der Waals surface area contributed by atoms with Gasteiger partial charge in [-0.3, -0.25) is 9.79 Å². The average molecular weight is 226 g/mol. The molecular weight excluding hydrogens is 208 g/mol. The molecule has 0 aliphatic carbocycles. The zero-order valence-corrected chi connectivity index (χ0v) is 10.6. The number of fused-ring (bicyclic) bond motifs is 1. The van der Waals surface area contributed by atoms with Crippen LogP contribution in [-0.2, 0) is 4.79 Å². The van der Waals surface area contributed by atoms with Gasteiger partial charge in [0.15, 0.2) is 0 Å². The summed E-state index contributed by atoms with van der Waals surface area (Å²) in [6.07, 6.45) is 1.01. The van der Waals surface area contributed by atoms with Gasteiger partial charge in [-0.05, 0) is 18.8 Å². The SMILES string of the molecule is CC1=NC2CC(C)(C)CN(C)C(=O)C2S1. The van der Waals surface area contributed by atoms with Crippen LogP contribution in [0.1, 0.15) is 27.2 Å². The van der Waals surface area contributed by atoms with Crippen LogP contribution < -0.4 is 0 Å². The van der Waals surface area contributed by atoms with Crippen molar-refractivity contribution in [3.05, 3.63) is 0 Å². The Morgan fingerprint density at radius 2 is 2.20 bits per heavy atom. The van der Waals surface area contributed by atoms with E-state index in [1.807, 2.05) is 18.9 Å². The Bertz CT molecular complexity index is 325. The van der Waals surface area contributed by atoms with E-state index in [0.717, 1.165) is 18.0 Å². The van der Waals surface area contributed by atoms with Gasteiger partial charge in [0, 0.05) is 13.6 Å². The highest BCUT2D eigenvalue weighted by molar-refractivity contribution is 8.15. The smallest absolute Gasteiger partial charge is 0.238 e. The van der Waals surface area contributed by atoms with Crippen LogP contribution >= 0.6 is 11.8 Å². The first kappa shape index (κ1) is 11.0. The number of thioether (sulfide) groups is 1. The Labute approximate surface area is 95.3 Å². The maximum atomic E-state index is 12.1. The average Bonchev–Trinajstić information content (AvgIpc) is 2.39. The fourth-order valence-electron chi connectivity index (χ4n) is 2.53. The Kier molecular flexibility index (Phi) is 2.57. The van der Waals surface area contributed by atoms with Crippen LogP contribution in [0.3, 0.4) is 0 Å². The maximum absolute atomic E-state index is 12.1. The maximum Gasteiger partial charge on any atom is 0.238 e. The highest BCUT2D eigenvalue weighted by Crippen LogP contribution is 2.38. The molecular formula is C11H18N2OS. The van der Waals surface area contributed by atoms with Crippen LogP contribution in [0.4, 0.5) is 0 Å². The summed E-state index contributed by atoms with van der Waals surface area (Å²) < 4.78 is 0. The highest BCUT2D eigenvalue weighted by atomic mass is 32.2. The molecule has 2 aliphatic rings. The molecule has 2 rings (SSSR count). The molecule has 2 heterocycles. The second-order valence-corrected chi connectivity index (χ2v) is 6.65. The third kappa shape index (κ3) is 2.05. The number of rotatable bonds is 0. The van der Waals surface area contributed by atoms with Gasteiger partial charge in [-0.25, -0.2) is 0 Å². The van der Waals surface area contributed by atoms with Crippen LogP contribution in [0, 0.1) is 5.41 Å². The van der Waals surface area contributed by atoms with Gasteiger partial charge >= 0.3 is 0 Å². The fourth-order valence-corrected chi connectivity index (χ4v) is 3.69. The van der Waals surface area contributed by atoms with Crippen molar-refractivity contribution >= 4 is 22.7 Å². The fraction of sp³-hybridized carbons (Fsp3) is 0.818. The van der Waals surface area contributed by atoms with Crippen molar-refractivity contribution in [3.8, 4) is 0 Å². The molecule has 0 aromatic rings. The lowest BCUT2D eigenvalue weighted by Gasteiger charge is -2.27. The van der Waals surface area contributed by atoms with Crippen molar-refractivity contribution in [2.45, 2.75) is 38.5 Å². The molecule has 15 heavy (non-hydrogen) atoms. The second-order valence-electron chi connectivity index (χ2n) is 5.32. The van der Waals surface area contributed by atoms with Crippen LogP contribution in [-0.4, -0.2) is 40.7 Å². The Morgan fingerprint density at radius 3 is 2.87 bits per heavy atom. The third-order valence-corrected chi connectivity index (χ3v) is 4.26. The number of aliphatic imine (C=N–C) groups is 1. The molecule has 4 heteroatoms. The van der Waals surface area contributed by atoms with E-state index in [0.29, 0.717) is 0 Å². The summed E-state index contributed by atoms with van der Waals surface area (Å²) in [5.74, 6) is 0.246. The van der Waals surface area contributed by atoms with Gasteiger partial charge in [-0.15, -0.1) is 0 Å². The number of carbonyl (C=O) groups excluding carboxylic acids is 1. The van der Waals surface area contributed by atoms with E-state index in [4.69, 9.17) is 0 Å². The van der Waals surface area contributed by atoms with Crippen molar-refractivity contribution < 1.29 is 4.79 Å². The number of amides is 1. The molecule has 0 bridgehead atoms. The number of likely N-dealkylation sites (tertiary alicyclic amines) is 1. The molecule has 0 aromatic heterocycles. The van der Waals surface area contributed by atoms with E-state index in [-0.39, 0.29) is 22.6 Å². The van der Waals surface area contributed by atoms with Crippen LogP contribution in [0.25, 0.3) is 0 Å². The first-order valence-electron chi connectivity index (χ1n) is 5.35. The van der Waals surface area contributed by atoms with Gasteiger partial charge in [0.2, 0.25) is 5.91 Å². The summed E-state index contributed by atoms with van der Waals surface area (Å²) in [4.78, 5) is 18.5. The normalized spacial score (nSPS) is 34.8. The third-order valence-electron chi connectivity index (χ3n) is 3.04. The predicted octanol–water partition coefficient (Wildman–Crippen LogP) is 1.78. The summed E-state index contributed by atoms with van der Waals surface area (Å²) in [5.41, 5.74) is 0.179. The Morgan fingerprint density at radius 1 is 1.53 bits per heavy atom. The number of nitrogens with zero attached hydrogens (tertiary/aromatic N) is 2. The minimum absolute atomic E-state index is 0.0387. The van der Waals surface area contributed by atoms with E-state index in [1.54, 1.807) is 11.8 Å². The zero-order chi connectivity index (χ0) is 11.2. The van der Waals surface area contributed by atoms with Gasteiger partial charge in [0.25, 0.3) is 0 Å². The lowest BCUT2D eigenvalue weighted by atomic mass is 9.86. The van der Waals surface area contributed by atoms with Gasteiger partial charge in [0.1, 0.15) is 5.25 Å². The topological polar surface area (TPSA) is 32.7 Å². The standard InChI is InChI=1S/C11H18N2OS/c1-7-12-8-5-11(2,3)6-13(4)10(14)9(8)15-7/h8-9H,5-6H2,1-4H3. The molecule has 0 N–H and O–H groups in total.